The highest BCUT2D eigenvalue weighted by Crippen LogP contribution is 2.15. The lowest BCUT2D eigenvalue weighted by molar-refractivity contribution is 0.0920. The summed E-state index contributed by atoms with van der Waals surface area (Å²) in [6, 6.07) is 7.43. The van der Waals surface area contributed by atoms with Crippen LogP contribution in [-0.2, 0) is 26.2 Å². The molecule has 3 aromatic rings. The van der Waals surface area contributed by atoms with Gasteiger partial charge in [0.05, 0.1) is 31.0 Å². The molecule has 0 saturated carbocycles. The van der Waals surface area contributed by atoms with Crippen molar-refractivity contribution in [2.45, 2.75) is 45.9 Å². The number of carbonyl (C=O) groups excluding carboxylic acids is 1. The van der Waals surface area contributed by atoms with E-state index in [0.717, 1.165) is 31.9 Å². The predicted molar refractivity (Wildman–Crippen MR) is 104 cm³/mol. The van der Waals surface area contributed by atoms with Crippen molar-refractivity contribution in [3.05, 3.63) is 59.6 Å². The van der Waals surface area contributed by atoms with Gasteiger partial charge in [-0.25, -0.2) is 0 Å². The molecule has 3 aromatic heterocycles. The van der Waals surface area contributed by atoms with Crippen LogP contribution in [0.3, 0.4) is 0 Å². The Bertz CT molecular complexity index is 911. The second-order valence-corrected chi connectivity index (χ2v) is 7.13. The summed E-state index contributed by atoms with van der Waals surface area (Å²) in [7, 11) is 0. The van der Waals surface area contributed by atoms with Crippen molar-refractivity contribution in [1.29, 1.82) is 0 Å². The molecule has 0 fully saturated rings. The van der Waals surface area contributed by atoms with Crippen LogP contribution in [0.1, 0.15) is 47.5 Å². The van der Waals surface area contributed by atoms with Crippen molar-refractivity contribution in [2.75, 3.05) is 13.1 Å². The van der Waals surface area contributed by atoms with Crippen molar-refractivity contribution in [2.24, 2.45) is 0 Å². The van der Waals surface area contributed by atoms with Crippen molar-refractivity contribution >= 4 is 5.91 Å². The van der Waals surface area contributed by atoms with E-state index in [2.05, 4.69) is 38.1 Å². The molecule has 0 aliphatic carbocycles. The monoisotopic (exact) mass is 382 g/mol. The van der Waals surface area contributed by atoms with Gasteiger partial charge in [-0.15, -0.1) is 0 Å². The molecule has 0 bridgehead atoms. The molecule has 4 rings (SSSR count). The second kappa shape index (κ2) is 8.43. The van der Waals surface area contributed by atoms with Crippen molar-refractivity contribution < 1.29 is 9.21 Å². The molecule has 8 heteroatoms. The molecule has 1 amide bonds. The maximum absolute atomic E-state index is 12.4. The zero-order valence-corrected chi connectivity index (χ0v) is 16.2. The first-order chi connectivity index (χ1) is 13.7. The molecule has 0 atom stereocenters. The maximum atomic E-state index is 12.4. The summed E-state index contributed by atoms with van der Waals surface area (Å²) in [6.45, 7) is 7.11. The van der Waals surface area contributed by atoms with E-state index in [1.807, 2.05) is 12.3 Å². The minimum atomic E-state index is -0.234. The molecule has 0 spiro atoms. The van der Waals surface area contributed by atoms with Crippen LogP contribution < -0.4 is 5.32 Å². The number of carbonyl (C=O) groups is 1. The van der Waals surface area contributed by atoms with E-state index in [0.29, 0.717) is 24.6 Å². The van der Waals surface area contributed by atoms with Crippen molar-refractivity contribution in [1.82, 2.24) is 29.8 Å². The molecule has 0 unspecified atom stereocenters. The van der Waals surface area contributed by atoms with Gasteiger partial charge in [-0.2, -0.15) is 10.2 Å². The number of hydrogen-bond acceptors (Lipinski definition) is 5. The van der Waals surface area contributed by atoms with Gasteiger partial charge in [-0.1, -0.05) is 13.3 Å². The summed E-state index contributed by atoms with van der Waals surface area (Å²) in [5, 5.41) is 11.7. The Morgan fingerprint density at radius 3 is 3.07 bits per heavy atom. The van der Waals surface area contributed by atoms with E-state index in [4.69, 9.17) is 4.42 Å². The van der Waals surface area contributed by atoms with Crippen LogP contribution in [0.4, 0.5) is 0 Å². The van der Waals surface area contributed by atoms with Crippen LogP contribution in [0.2, 0.25) is 0 Å². The Kier molecular flexibility index (Phi) is 5.57. The first-order valence-electron chi connectivity index (χ1n) is 9.83. The Balaban J connectivity index is 1.31. The summed E-state index contributed by atoms with van der Waals surface area (Å²) in [4.78, 5) is 14.8. The fraction of sp³-hybridized carbons (Fsp3) is 0.450. The SMILES string of the molecule is CCCCN1CCn2nc(CNC(=O)c3ccc(Cn4cccn4)o3)cc2C1. The van der Waals surface area contributed by atoms with Crippen LogP contribution in [0.5, 0.6) is 0 Å². The standard InChI is InChI=1S/C20H26N6O2/c1-2-3-8-24-10-11-26-17(14-24)12-16(23-26)13-21-20(27)19-6-5-18(28-19)15-25-9-4-7-22-25/h4-7,9,12H,2-3,8,10-11,13-15H2,1H3,(H,21,27). The van der Waals surface area contributed by atoms with Gasteiger partial charge < -0.3 is 9.73 Å². The van der Waals surface area contributed by atoms with Gasteiger partial charge in [0.25, 0.3) is 5.91 Å². The number of hydrogen-bond donors (Lipinski definition) is 1. The Morgan fingerprint density at radius 2 is 2.25 bits per heavy atom. The first-order valence-corrected chi connectivity index (χ1v) is 9.83. The number of furan rings is 1. The van der Waals surface area contributed by atoms with Crippen molar-refractivity contribution in [3.8, 4) is 0 Å². The minimum absolute atomic E-state index is 0.234. The summed E-state index contributed by atoms with van der Waals surface area (Å²) < 4.78 is 9.44. The number of unbranched alkanes of at least 4 members (excludes halogenated alkanes) is 1. The Labute approximate surface area is 164 Å². The molecule has 148 valence electrons. The fourth-order valence-electron chi connectivity index (χ4n) is 3.44. The molecule has 1 aliphatic rings. The lowest BCUT2D eigenvalue weighted by Crippen LogP contribution is -2.34. The highest BCUT2D eigenvalue weighted by molar-refractivity contribution is 5.91. The van der Waals surface area contributed by atoms with Gasteiger partial charge in [0.1, 0.15) is 5.76 Å². The zero-order chi connectivity index (χ0) is 19.3. The highest BCUT2D eigenvalue weighted by Gasteiger charge is 2.18. The average molecular weight is 382 g/mol. The van der Waals surface area contributed by atoms with Gasteiger partial charge in [0.2, 0.25) is 0 Å². The molecule has 28 heavy (non-hydrogen) atoms. The third-order valence-corrected chi connectivity index (χ3v) is 4.95. The second-order valence-electron chi connectivity index (χ2n) is 7.13. The molecule has 0 saturated heterocycles. The molecular formula is C20H26N6O2. The number of nitrogens with one attached hydrogen (secondary N) is 1. The molecule has 0 aromatic carbocycles. The van der Waals surface area contributed by atoms with Gasteiger partial charge in [0.15, 0.2) is 5.76 Å². The fourth-order valence-corrected chi connectivity index (χ4v) is 3.44. The van der Waals surface area contributed by atoms with E-state index in [-0.39, 0.29) is 5.91 Å². The number of nitrogens with zero attached hydrogens (tertiary/aromatic N) is 5. The van der Waals surface area contributed by atoms with E-state index in [1.54, 1.807) is 23.0 Å². The lowest BCUT2D eigenvalue weighted by atomic mass is 10.2. The van der Waals surface area contributed by atoms with Gasteiger partial charge >= 0.3 is 0 Å². The van der Waals surface area contributed by atoms with E-state index >= 15 is 0 Å². The van der Waals surface area contributed by atoms with E-state index in [9.17, 15) is 4.79 Å². The van der Waals surface area contributed by atoms with Crippen LogP contribution in [0.15, 0.2) is 41.1 Å². The van der Waals surface area contributed by atoms with E-state index in [1.165, 1.54) is 18.5 Å². The Hall–Kier alpha value is -2.87. The third-order valence-electron chi connectivity index (χ3n) is 4.95. The van der Waals surface area contributed by atoms with E-state index < -0.39 is 0 Å². The molecular weight excluding hydrogens is 356 g/mol. The zero-order valence-electron chi connectivity index (χ0n) is 16.2. The summed E-state index contributed by atoms with van der Waals surface area (Å²) in [6.07, 6.45) is 6.00. The highest BCUT2D eigenvalue weighted by atomic mass is 16.4. The molecule has 4 heterocycles. The Morgan fingerprint density at radius 1 is 1.32 bits per heavy atom. The topological polar surface area (TPSA) is 81.1 Å². The number of rotatable bonds is 8. The lowest BCUT2D eigenvalue weighted by Gasteiger charge is -2.27. The number of fused-ring (bicyclic) bond motifs is 1. The minimum Gasteiger partial charge on any atom is -0.454 e. The van der Waals surface area contributed by atoms with Crippen LogP contribution >= 0.6 is 0 Å². The normalized spacial score (nSPS) is 14.2. The largest absolute Gasteiger partial charge is 0.454 e. The summed E-state index contributed by atoms with van der Waals surface area (Å²) in [5.41, 5.74) is 2.09. The number of amides is 1. The predicted octanol–water partition coefficient (Wildman–Crippen LogP) is 2.27. The molecule has 1 N–H and O–H groups in total. The smallest absolute Gasteiger partial charge is 0.287 e. The van der Waals surface area contributed by atoms with Crippen LogP contribution in [-0.4, -0.2) is 43.5 Å². The maximum Gasteiger partial charge on any atom is 0.287 e. The quantitative estimate of drug-likeness (QED) is 0.646. The molecule has 0 radical (unpaired) electrons. The van der Waals surface area contributed by atoms with Crippen LogP contribution in [0.25, 0.3) is 0 Å². The van der Waals surface area contributed by atoms with Crippen LogP contribution in [0, 0.1) is 0 Å². The summed E-state index contributed by atoms with van der Waals surface area (Å²) >= 11 is 0. The molecule has 8 nitrogen and oxygen atoms in total. The number of aromatic nitrogens is 4. The summed E-state index contributed by atoms with van der Waals surface area (Å²) in [5.74, 6) is 0.762. The third kappa shape index (κ3) is 4.33. The molecule has 1 aliphatic heterocycles. The average Bonchev–Trinajstić information content (AvgIpc) is 3.45. The van der Waals surface area contributed by atoms with Crippen molar-refractivity contribution in [3.63, 3.8) is 0 Å². The van der Waals surface area contributed by atoms with Gasteiger partial charge in [0, 0.05) is 25.5 Å². The van der Waals surface area contributed by atoms with Gasteiger partial charge in [-0.3, -0.25) is 19.1 Å². The first kappa shape index (κ1) is 18.5. The van der Waals surface area contributed by atoms with Gasteiger partial charge in [-0.05, 0) is 37.2 Å².